The second-order valence-corrected chi connectivity index (χ2v) is 2.88. The number of hydrogen-bond acceptors (Lipinski definition) is 4. The molecular formula is C9H11N5. The van der Waals surface area contributed by atoms with E-state index in [2.05, 4.69) is 25.5 Å². The molecule has 0 amide bonds. The van der Waals surface area contributed by atoms with Gasteiger partial charge in [0.25, 0.3) is 0 Å². The summed E-state index contributed by atoms with van der Waals surface area (Å²) >= 11 is 0. The molecule has 2 rings (SSSR count). The molecule has 2 aromatic heterocycles. The summed E-state index contributed by atoms with van der Waals surface area (Å²) in [6.45, 7) is 0.688. The Morgan fingerprint density at radius 1 is 1.50 bits per heavy atom. The molecule has 5 nitrogen and oxygen atoms in total. The van der Waals surface area contributed by atoms with Crippen molar-refractivity contribution in [2.24, 2.45) is 0 Å². The highest BCUT2D eigenvalue weighted by atomic mass is 15.2. The standard InChI is InChI=1S/C9H11N5/c1-10-6-8-12-9(14-13-8)7-3-2-4-11-5-7/h2-5,10H,6H2,1H3,(H,12,13,14). The lowest BCUT2D eigenvalue weighted by atomic mass is 10.3. The lowest BCUT2D eigenvalue weighted by Gasteiger charge is -1.91. The van der Waals surface area contributed by atoms with Crippen LogP contribution in [0.15, 0.2) is 24.5 Å². The molecule has 0 spiro atoms. The molecule has 14 heavy (non-hydrogen) atoms. The fourth-order valence-corrected chi connectivity index (χ4v) is 1.17. The smallest absolute Gasteiger partial charge is 0.182 e. The summed E-state index contributed by atoms with van der Waals surface area (Å²) in [5.74, 6) is 1.51. The van der Waals surface area contributed by atoms with Crippen LogP contribution in [0.3, 0.4) is 0 Å². The molecule has 0 unspecified atom stereocenters. The van der Waals surface area contributed by atoms with Crippen molar-refractivity contribution in [3.05, 3.63) is 30.4 Å². The molecule has 0 aromatic carbocycles. The molecule has 2 heterocycles. The van der Waals surface area contributed by atoms with Gasteiger partial charge in [-0.25, -0.2) is 4.98 Å². The highest BCUT2D eigenvalue weighted by molar-refractivity contribution is 5.52. The van der Waals surface area contributed by atoms with Gasteiger partial charge >= 0.3 is 0 Å². The van der Waals surface area contributed by atoms with Crippen LogP contribution >= 0.6 is 0 Å². The average molecular weight is 189 g/mol. The minimum atomic E-state index is 0.684. The zero-order valence-corrected chi connectivity index (χ0v) is 7.86. The maximum atomic E-state index is 4.30. The lowest BCUT2D eigenvalue weighted by Crippen LogP contribution is -2.06. The van der Waals surface area contributed by atoms with E-state index in [0.717, 1.165) is 11.4 Å². The second kappa shape index (κ2) is 3.97. The summed E-state index contributed by atoms with van der Waals surface area (Å²) in [6.07, 6.45) is 3.47. The summed E-state index contributed by atoms with van der Waals surface area (Å²) in [5, 5.41) is 9.94. The van der Waals surface area contributed by atoms with Crippen molar-refractivity contribution in [2.45, 2.75) is 6.54 Å². The molecule has 0 radical (unpaired) electrons. The number of nitrogens with one attached hydrogen (secondary N) is 2. The van der Waals surface area contributed by atoms with Crippen molar-refractivity contribution in [3.8, 4) is 11.4 Å². The Morgan fingerprint density at radius 2 is 2.43 bits per heavy atom. The van der Waals surface area contributed by atoms with E-state index in [4.69, 9.17) is 0 Å². The number of H-pyrrole nitrogens is 1. The minimum Gasteiger partial charge on any atom is -0.313 e. The van der Waals surface area contributed by atoms with Crippen LogP contribution in [0, 0.1) is 0 Å². The van der Waals surface area contributed by atoms with Crippen molar-refractivity contribution in [3.63, 3.8) is 0 Å². The number of nitrogens with zero attached hydrogens (tertiary/aromatic N) is 3. The van der Waals surface area contributed by atoms with Gasteiger partial charge < -0.3 is 5.32 Å². The van der Waals surface area contributed by atoms with Crippen LogP contribution in [0.2, 0.25) is 0 Å². The Bertz CT molecular complexity index is 395. The number of hydrogen-bond donors (Lipinski definition) is 2. The molecule has 0 bridgehead atoms. The van der Waals surface area contributed by atoms with Crippen LogP contribution < -0.4 is 5.32 Å². The molecule has 0 aliphatic carbocycles. The summed E-state index contributed by atoms with van der Waals surface area (Å²) in [5.41, 5.74) is 0.922. The van der Waals surface area contributed by atoms with Crippen molar-refractivity contribution >= 4 is 0 Å². The van der Waals surface area contributed by atoms with Gasteiger partial charge in [0, 0.05) is 18.0 Å². The Hall–Kier alpha value is -1.75. The molecule has 0 saturated carbocycles. The molecule has 5 heteroatoms. The monoisotopic (exact) mass is 189 g/mol. The van der Waals surface area contributed by atoms with E-state index in [1.54, 1.807) is 12.4 Å². The van der Waals surface area contributed by atoms with Crippen molar-refractivity contribution in [2.75, 3.05) is 7.05 Å². The Labute approximate surface area is 81.6 Å². The summed E-state index contributed by atoms with van der Waals surface area (Å²) < 4.78 is 0. The third kappa shape index (κ3) is 1.77. The third-order valence-corrected chi connectivity index (χ3v) is 1.80. The summed E-state index contributed by atoms with van der Waals surface area (Å²) in [4.78, 5) is 8.31. The van der Waals surface area contributed by atoms with E-state index in [0.29, 0.717) is 12.4 Å². The van der Waals surface area contributed by atoms with Gasteiger partial charge in [0.05, 0.1) is 6.54 Å². The molecule has 0 atom stereocenters. The first kappa shape index (κ1) is 8.83. The number of aromatic nitrogens is 4. The minimum absolute atomic E-state index is 0.684. The third-order valence-electron chi connectivity index (χ3n) is 1.80. The predicted octanol–water partition coefficient (Wildman–Crippen LogP) is 0.586. The topological polar surface area (TPSA) is 66.5 Å². The molecule has 0 fully saturated rings. The first-order valence-electron chi connectivity index (χ1n) is 4.36. The first-order valence-corrected chi connectivity index (χ1v) is 4.36. The largest absolute Gasteiger partial charge is 0.313 e. The number of aromatic amines is 1. The molecular weight excluding hydrogens is 178 g/mol. The van der Waals surface area contributed by atoms with Gasteiger partial charge in [-0.3, -0.25) is 10.1 Å². The highest BCUT2D eigenvalue weighted by Gasteiger charge is 2.03. The van der Waals surface area contributed by atoms with E-state index in [9.17, 15) is 0 Å². The molecule has 0 aliphatic rings. The summed E-state index contributed by atoms with van der Waals surface area (Å²) in [7, 11) is 1.87. The highest BCUT2D eigenvalue weighted by Crippen LogP contribution is 2.11. The Morgan fingerprint density at radius 3 is 3.14 bits per heavy atom. The quantitative estimate of drug-likeness (QED) is 0.741. The van der Waals surface area contributed by atoms with Crippen molar-refractivity contribution in [1.82, 2.24) is 25.5 Å². The number of pyridine rings is 1. The van der Waals surface area contributed by atoms with E-state index in [-0.39, 0.29) is 0 Å². The Kier molecular flexibility index (Phi) is 2.51. The van der Waals surface area contributed by atoms with Crippen LogP contribution in [0.5, 0.6) is 0 Å². The molecule has 2 aromatic rings. The van der Waals surface area contributed by atoms with Gasteiger partial charge in [-0.05, 0) is 19.2 Å². The fraction of sp³-hybridized carbons (Fsp3) is 0.222. The van der Waals surface area contributed by atoms with Gasteiger partial charge in [-0.15, -0.1) is 0 Å². The Balaban J connectivity index is 2.25. The van der Waals surface area contributed by atoms with Gasteiger partial charge in [0.2, 0.25) is 0 Å². The van der Waals surface area contributed by atoms with Crippen LogP contribution in [-0.4, -0.2) is 27.2 Å². The SMILES string of the molecule is CNCc1nc(-c2cccnc2)n[nH]1. The van der Waals surface area contributed by atoms with E-state index >= 15 is 0 Å². The van der Waals surface area contributed by atoms with Gasteiger partial charge in [-0.1, -0.05) is 0 Å². The van der Waals surface area contributed by atoms with E-state index in [1.807, 2.05) is 19.2 Å². The summed E-state index contributed by atoms with van der Waals surface area (Å²) in [6, 6.07) is 3.79. The van der Waals surface area contributed by atoms with E-state index < -0.39 is 0 Å². The van der Waals surface area contributed by atoms with Crippen LogP contribution in [-0.2, 0) is 6.54 Å². The van der Waals surface area contributed by atoms with E-state index in [1.165, 1.54) is 0 Å². The van der Waals surface area contributed by atoms with Crippen LogP contribution in [0.25, 0.3) is 11.4 Å². The van der Waals surface area contributed by atoms with Crippen molar-refractivity contribution < 1.29 is 0 Å². The van der Waals surface area contributed by atoms with Gasteiger partial charge in [-0.2, -0.15) is 5.10 Å². The lowest BCUT2D eigenvalue weighted by molar-refractivity contribution is 0.763. The molecule has 2 N–H and O–H groups in total. The average Bonchev–Trinajstić information content (AvgIpc) is 2.68. The molecule has 0 aliphatic heterocycles. The maximum Gasteiger partial charge on any atom is 0.182 e. The zero-order chi connectivity index (χ0) is 9.80. The van der Waals surface area contributed by atoms with Crippen molar-refractivity contribution in [1.29, 1.82) is 0 Å². The molecule has 0 saturated heterocycles. The fourth-order valence-electron chi connectivity index (χ4n) is 1.17. The second-order valence-electron chi connectivity index (χ2n) is 2.88. The van der Waals surface area contributed by atoms with Gasteiger partial charge in [0.1, 0.15) is 5.82 Å². The van der Waals surface area contributed by atoms with Crippen LogP contribution in [0.4, 0.5) is 0 Å². The van der Waals surface area contributed by atoms with Crippen LogP contribution in [0.1, 0.15) is 5.82 Å². The molecule has 72 valence electrons. The maximum absolute atomic E-state index is 4.30. The first-order chi connectivity index (χ1) is 6.90. The normalized spacial score (nSPS) is 10.4. The number of rotatable bonds is 3. The van der Waals surface area contributed by atoms with Gasteiger partial charge in [0.15, 0.2) is 5.82 Å². The predicted molar refractivity (Wildman–Crippen MR) is 52.4 cm³/mol. The zero-order valence-electron chi connectivity index (χ0n) is 7.86.